The lowest BCUT2D eigenvalue weighted by molar-refractivity contribution is 0.125. The van der Waals surface area contributed by atoms with Crippen LogP contribution in [0.1, 0.15) is 43.0 Å². The molecule has 3 rings (SSSR count). The van der Waals surface area contributed by atoms with Crippen molar-refractivity contribution < 1.29 is 9.53 Å². The molecular weight excluding hydrogens is 408 g/mol. The Morgan fingerprint density at radius 3 is 2.03 bits per heavy atom. The molecule has 1 atom stereocenters. The molecule has 0 heterocycles. The second-order valence-electron chi connectivity index (χ2n) is 9.45. The first-order valence-corrected chi connectivity index (χ1v) is 13.6. The predicted octanol–water partition coefficient (Wildman–Crippen LogP) is 7.32. The van der Waals surface area contributed by atoms with Gasteiger partial charge in [0.25, 0.3) is 0 Å². The Kier molecular flexibility index (Phi) is 6.19. The van der Waals surface area contributed by atoms with Crippen molar-refractivity contribution in [2.75, 3.05) is 0 Å². The molecule has 0 aliphatic rings. The molecule has 0 aromatic heterocycles. The van der Waals surface area contributed by atoms with Gasteiger partial charge in [-0.15, -0.1) is 0 Å². The van der Waals surface area contributed by atoms with Crippen LogP contribution in [0.15, 0.2) is 72.8 Å². The molecular formula is C26H31ClO2Si. The zero-order valence-corrected chi connectivity index (χ0v) is 20.4. The average Bonchev–Trinajstić information content (AvgIpc) is 2.67. The van der Waals surface area contributed by atoms with Gasteiger partial charge in [0.15, 0.2) is 0 Å². The normalized spacial score (nSPS) is 14.3. The SMILES string of the molecule is Cc1cccc(C(O)(c2cccc(O[Si](C)(C)C(C)(C)C)c2)c2ccccc2Cl)c1. The quantitative estimate of drug-likeness (QED) is 0.334. The first kappa shape index (κ1) is 22.6. The van der Waals surface area contributed by atoms with Gasteiger partial charge in [-0.05, 0) is 54.4 Å². The van der Waals surface area contributed by atoms with E-state index >= 15 is 0 Å². The fraction of sp³-hybridized carbons (Fsp3) is 0.308. The van der Waals surface area contributed by atoms with E-state index in [-0.39, 0.29) is 5.04 Å². The van der Waals surface area contributed by atoms with E-state index in [2.05, 4.69) is 33.9 Å². The minimum absolute atomic E-state index is 0.0819. The van der Waals surface area contributed by atoms with Crippen molar-refractivity contribution in [3.63, 3.8) is 0 Å². The van der Waals surface area contributed by atoms with E-state index in [0.717, 1.165) is 22.4 Å². The number of hydrogen-bond donors (Lipinski definition) is 1. The van der Waals surface area contributed by atoms with E-state index < -0.39 is 13.9 Å². The van der Waals surface area contributed by atoms with E-state index in [9.17, 15) is 5.11 Å². The molecule has 0 saturated carbocycles. The highest BCUT2D eigenvalue weighted by atomic mass is 35.5. The van der Waals surface area contributed by atoms with Crippen molar-refractivity contribution in [3.8, 4) is 5.75 Å². The van der Waals surface area contributed by atoms with Crippen molar-refractivity contribution in [1.82, 2.24) is 0 Å². The van der Waals surface area contributed by atoms with E-state index in [1.807, 2.05) is 79.7 Å². The molecule has 1 unspecified atom stereocenters. The van der Waals surface area contributed by atoms with Gasteiger partial charge in [0.1, 0.15) is 11.4 Å². The fourth-order valence-electron chi connectivity index (χ4n) is 3.33. The molecule has 0 saturated heterocycles. The van der Waals surface area contributed by atoms with Crippen molar-refractivity contribution in [1.29, 1.82) is 0 Å². The van der Waals surface area contributed by atoms with Gasteiger partial charge < -0.3 is 9.53 Å². The lowest BCUT2D eigenvalue weighted by Gasteiger charge is -2.37. The molecule has 3 aromatic rings. The Labute approximate surface area is 186 Å². The highest BCUT2D eigenvalue weighted by Crippen LogP contribution is 2.42. The van der Waals surface area contributed by atoms with E-state index in [0.29, 0.717) is 10.6 Å². The largest absolute Gasteiger partial charge is 0.543 e. The highest BCUT2D eigenvalue weighted by Gasteiger charge is 2.40. The van der Waals surface area contributed by atoms with Crippen LogP contribution in [0.4, 0.5) is 0 Å². The van der Waals surface area contributed by atoms with Crippen molar-refractivity contribution in [2.24, 2.45) is 0 Å². The van der Waals surface area contributed by atoms with Crippen LogP contribution in [0.25, 0.3) is 0 Å². The second kappa shape index (κ2) is 8.22. The maximum atomic E-state index is 12.2. The minimum Gasteiger partial charge on any atom is -0.543 e. The Balaban J connectivity index is 2.18. The van der Waals surface area contributed by atoms with Crippen molar-refractivity contribution in [3.05, 3.63) is 100 Å². The first-order valence-electron chi connectivity index (χ1n) is 10.3. The van der Waals surface area contributed by atoms with Crippen LogP contribution in [-0.4, -0.2) is 13.4 Å². The predicted molar refractivity (Wildman–Crippen MR) is 129 cm³/mol. The van der Waals surface area contributed by atoms with Gasteiger partial charge in [-0.2, -0.15) is 0 Å². The molecule has 1 N–H and O–H groups in total. The molecule has 0 aliphatic heterocycles. The third-order valence-corrected chi connectivity index (χ3v) is 10.8. The van der Waals surface area contributed by atoms with Gasteiger partial charge in [0.2, 0.25) is 8.32 Å². The molecule has 3 aromatic carbocycles. The van der Waals surface area contributed by atoms with E-state index in [4.69, 9.17) is 16.0 Å². The third-order valence-electron chi connectivity index (χ3n) is 6.13. The number of aryl methyl sites for hydroxylation is 1. The Bertz CT molecular complexity index is 1040. The van der Waals surface area contributed by atoms with E-state index in [1.165, 1.54) is 0 Å². The van der Waals surface area contributed by atoms with Crippen LogP contribution in [0.3, 0.4) is 0 Å². The summed E-state index contributed by atoms with van der Waals surface area (Å²) in [6, 6.07) is 23.2. The van der Waals surface area contributed by atoms with Gasteiger partial charge in [-0.1, -0.05) is 92.5 Å². The van der Waals surface area contributed by atoms with Crippen molar-refractivity contribution >= 4 is 19.9 Å². The van der Waals surface area contributed by atoms with Crippen LogP contribution >= 0.6 is 11.6 Å². The van der Waals surface area contributed by atoms with Crippen LogP contribution in [0.2, 0.25) is 23.2 Å². The van der Waals surface area contributed by atoms with Gasteiger partial charge in [-0.3, -0.25) is 0 Å². The molecule has 0 fully saturated rings. The van der Waals surface area contributed by atoms with Crippen LogP contribution in [0.5, 0.6) is 5.75 Å². The maximum absolute atomic E-state index is 12.2. The maximum Gasteiger partial charge on any atom is 0.250 e. The smallest absolute Gasteiger partial charge is 0.250 e. The fourth-order valence-corrected chi connectivity index (χ4v) is 4.63. The Morgan fingerprint density at radius 2 is 1.43 bits per heavy atom. The lowest BCUT2D eigenvalue weighted by Crippen LogP contribution is -2.44. The number of benzene rings is 3. The zero-order valence-electron chi connectivity index (χ0n) is 18.7. The lowest BCUT2D eigenvalue weighted by atomic mass is 9.80. The molecule has 0 bridgehead atoms. The summed E-state index contributed by atoms with van der Waals surface area (Å²) in [7, 11) is -2.01. The summed E-state index contributed by atoms with van der Waals surface area (Å²) < 4.78 is 6.52. The summed E-state index contributed by atoms with van der Waals surface area (Å²) in [4.78, 5) is 0. The molecule has 0 aliphatic carbocycles. The monoisotopic (exact) mass is 438 g/mol. The van der Waals surface area contributed by atoms with Crippen molar-refractivity contribution in [2.45, 2.75) is 51.4 Å². The summed E-state index contributed by atoms with van der Waals surface area (Å²) >= 11 is 6.57. The highest BCUT2D eigenvalue weighted by molar-refractivity contribution is 6.74. The number of aliphatic hydroxyl groups is 1. The molecule has 4 heteroatoms. The number of hydrogen-bond acceptors (Lipinski definition) is 2. The average molecular weight is 439 g/mol. The second-order valence-corrected chi connectivity index (χ2v) is 14.6. The van der Waals surface area contributed by atoms with Gasteiger partial charge in [-0.25, -0.2) is 0 Å². The standard InChI is InChI=1S/C26H31ClO2Si/c1-19-11-9-12-20(17-19)26(28,23-15-7-8-16-24(23)27)21-13-10-14-22(18-21)29-30(5,6)25(2,3)4/h7-18,28H,1-6H3. The Morgan fingerprint density at radius 1 is 0.833 bits per heavy atom. The van der Waals surface area contributed by atoms with Crippen LogP contribution in [-0.2, 0) is 5.60 Å². The molecule has 158 valence electrons. The van der Waals surface area contributed by atoms with Gasteiger partial charge >= 0.3 is 0 Å². The summed E-state index contributed by atoms with van der Waals surface area (Å²) in [6.07, 6.45) is 0. The first-order chi connectivity index (χ1) is 13.9. The third kappa shape index (κ3) is 4.34. The molecule has 0 amide bonds. The number of halogens is 1. The van der Waals surface area contributed by atoms with Gasteiger partial charge in [0.05, 0.1) is 0 Å². The number of rotatable bonds is 5. The van der Waals surface area contributed by atoms with Crippen LogP contribution in [0, 0.1) is 6.92 Å². The molecule has 30 heavy (non-hydrogen) atoms. The van der Waals surface area contributed by atoms with E-state index in [1.54, 1.807) is 0 Å². The van der Waals surface area contributed by atoms with Gasteiger partial charge in [0, 0.05) is 10.6 Å². The Hall–Kier alpha value is -2.07. The molecule has 2 nitrogen and oxygen atoms in total. The summed E-state index contributed by atoms with van der Waals surface area (Å²) in [5.74, 6) is 0.775. The topological polar surface area (TPSA) is 29.5 Å². The molecule has 0 spiro atoms. The zero-order chi connectivity index (χ0) is 22.2. The summed E-state index contributed by atoms with van der Waals surface area (Å²) in [6.45, 7) is 13.1. The summed E-state index contributed by atoms with van der Waals surface area (Å²) in [5, 5.41) is 12.8. The van der Waals surface area contributed by atoms with Crippen LogP contribution < -0.4 is 4.43 Å². The minimum atomic E-state index is -2.01. The molecule has 0 radical (unpaired) electrons. The summed E-state index contributed by atoms with van der Waals surface area (Å²) in [5.41, 5.74) is 1.85.